The number of nitrogens with zero attached hydrogens (tertiary/aromatic N) is 3. The van der Waals surface area contributed by atoms with Crippen molar-refractivity contribution < 1.29 is 29.0 Å². The Kier molecular flexibility index (Phi) is 5.53. The summed E-state index contributed by atoms with van der Waals surface area (Å²) in [6.07, 6.45) is 0. The number of ether oxygens (including phenoxy) is 1. The second-order valence-corrected chi connectivity index (χ2v) is 8.17. The molecule has 0 unspecified atom stereocenters. The molecule has 28 heavy (non-hydrogen) atoms. The van der Waals surface area contributed by atoms with E-state index in [0.29, 0.717) is 15.7 Å². The molecule has 12 heteroatoms. The molecule has 0 saturated carbocycles. The number of amides is 2. The summed E-state index contributed by atoms with van der Waals surface area (Å²) in [5, 5.41) is 15.8. The van der Waals surface area contributed by atoms with E-state index in [2.05, 4.69) is 26.3 Å². The van der Waals surface area contributed by atoms with Crippen molar-refractivity contribution in [1.82, 2.24) is 20.0 Å². The van der Waals surface area contributed by atoms with Crippen LogP contribution in [0.1, 0.15) is 23.1 Å². The predicted molar refractivity (Wildman–Crippen MR) is 101 cm³/mol. The van der Waals surface area contributed by atoms with E-state index in [4.69, 9.17) is 4.74 Å². The number of esters is 1. The maximum atomic E-state index is 12.6. The number of carbonyl (C=O) groups is 4. The van der Waals surface area contributed by atoms with E-state index < -0.39 is 35.2 Å². The number of aryl methyl sites for hydroxylation is 2. The fraction of sp³-hybridized carbons (Fsp3) is 0.438. The molecule has 150 valence electrons. The van der Waals surface area contributed by atoms with Crippen molar-refractivity contribution in [2.24, 2.45) is 7.05 Å². The molecule has 3 rings (SSSR count). The van der Waals surface area contributed by atoms with Crippen molar-refractivity contribution in [3.8, 4) is 0 Å². The quantitative estimate of drug-likeness (QED) is 0.465. The normalized spacial score (nSPS) is 21.1. The maximum absolute atomic E-state index is 12.6. The van der Waals surface area contributed by atoms with Crippen molar-refractivity contribution >= 4 is 51.4 Å². The summed E-state index contributed by atoms with van der Waals surface area (Å²) in [6, 6.07) is -0.857. The number of carboxylic acids is 1. The number of thioether (sulfide) groups is 1. The molecule has 0 aliphatic carbocycles. The number of β-lactam (4-membered cyclic amide) rings is 1. The van der Waals surface area contributed by atoms with Crippen LogP contribution in [0, 0.1) is 6.92 Å². The summed E-state index contributed by atoms with van der Waals surface area (Å²) < 4.78 is 6.82. The van der Waals surface area contributed by atoms with Gasteiger partial charge < -0.3 is 15.2 Å². The highest BCUT2D eigenvalue weighted by atomic mass is 79.9. The summed E-state index contributed by atoms with van der Waals surface area (Å²) in [4.78, 5) is 49.0. The number of carbonyl (C=O) groups excluding carboxylic acids is 3. The summed E-state index contributed by atoms with van der Waals surface area (Å²) >= 11 is 4.61. The molecule has 2 atom stereocenters. The van der Waals surface area contributed by atoms with Crippen molar-refractivity contribution in [2.45, 2.75) is 25.3 Å². The highest BCUT2D eigenvalue weighted by Crippen LogP contribution is 2.40. The monoisotopic (exact) mass is 472 g/mol. The van der Waals surface area contributed by atoms with Gasteiger partial charge in [0.05, 0.1) is 10.2 Å². The molecular weight excluding hydrogens is 456 g/mol. The van der Waals surface area contributed by atoms with Crippen molar-refractivity contribution in [3.63, 3.8) is 0 Å². The van der Waals surface area contributed by atoms with Crippen LogP contribution < -0.4 is 5.32 Å². The molecule has 1 aromatic heterocycles. The molecule has 2 aliphatic heterocycles. The molecule has 2 N–H and O–H groups in total. The first-order valence-corrected chi connectivity index (χ1v) is 10.0. The van der Waals surface area contributed by atoms with E-state index in [-0.39, 0.29) is 23.8 Å². The van der Waals surface area contributed by atoms with Gasteiger partial charge in [-0.3, -0.25) is 24.0 Å². The van der Waals surface area contributed by atoms with E-state index in [0.717, 1.165) is 4.90 Å². The van der Waals surface area contributed by atoms with Crippen LogP contribution in [0.3, 0.4) is 0 Å². The minimum Gasteiger partial charge on any atom is -0.477 e. The Hall–Kier alpha value is -2.34. The highest BCUT2D eigenvalue weighted by Gasteiger charge is 2.54. The van der Waals surface area contributed by atoms with Gasteiger partial charge >= 0.3 is 11.9 Å². The van der Waals surface area contributed by atoms with Gasteiger partial charge in [-0.25, -0.2) is 4.79 Å². The minimum absolute atomic E-state index is 0.196. The molecule has 0 aromatic carbocycles. The second kappa shape index (κ2) is 7.59. The van der Waals surface area contributed by atoms with E-state index in [9.17, 15) is 24.3 Å². The van der Waals surface area contributed by atoms with Crippen LogP contribution in [0.2, 0.25) is 0 Å². The molecule has 0 spiro atoms. The lowest BCUT2D eigenvalue weighted by atomic mass is 10.0. The Balaban J connectivity index is 1.79. The van der Waals surface area contributed by atoms with E-state index in [1.165, 1.54) is 23.4 Å². The van der Waals surface area contributed by atoms with Gasteiger partial charge in [-0.1, -0.05) is 0 Å². The lowest BCUT2D eigenvalue weighted by Gasteiger charge is -2.49. The Morgan fingerprint density at radius 3 is 2.64 bits per heavy atom. The van der Waals surface area contributed by atoms with Gasteiger partial charge in [-0.05, 0) is 22.9 Å². The van der Waals surface area contributed by atoms with Crippen LogP contribution in [0.15, 0.2) is 15.7 Å². The van der Waals surface area contributed by atoms with Gasteiger partial charge in [0.25, 0.3) is 11.8 Å². The molecule has 2 amide bonds. The Bertz CT molecular complexity index is 926. The van der Waals surface area contributed by atoms with Crippen LogP contribution in [0.5, 0.6) is 0 Å². The lowest BCUT2D eigenvalue weighted by Crippen LogP contribution is -2.70. The van der Waals surface area contributed by atoms with Crippen LogP contribution in [0.4, 0.5) is 0 Å². The molecule has 3 heterocycles. The number of hydrogen-bond acceptors (Lipinski definition) is 7. The topological polar surface area (TPSA) is 131 Å². The summed E-state index contributed by atoms with van der Waals surface area (Å²) in [7, 11) is 1.61. The third kappa shape index (κ3) is 3.41. The van der Waals surface area contributed by atoms with Crippen molar-refractivity contribution in [1.29, 1.82) is 0 Å². The zero-order chi connectivity index (χ0) is 20.7. The largest absolute Gasteiger partial charge is 0.477 e. The van der Waals surface area contributed by atoms with Gasteiger partial charge in [-0.15, -0.1) is 11.8 Å². The molecule has 2 aliphatic rings. The smallest absolute Gasteiger partial charge is 0.352 e. The van der Waals surface area contributed by atoms with Gasteiger partial charge in [0.15, 0.2) is 0 Å². The zero-order valence-electron chi connectivity index (χ0n) is 15.2. The minimum atomic E-state index is -1.28. The van der Waals surface area contributed by atoms with Gasteiger partial charge in [0.1, 0.15) is 29.4 Å². The number of aromatic nitrogens is 2. The van der Waals surface area contributed by atoms with E-state index in [1.807, 2.05) is 0 Å². The molecule has 0 bridgehead atoms. The summed E-state index contributed by atoms with van der Waals surface area (Å²) in [5.74, 6) is -2.57. The number of nitrogens with one attached hydrogen (secondary N) is 1. The molecule has 0 radical (unpaired) electrons. The fourth-order valence-electron chi connectivity index (χ4n) is 3.07. The van der Waals surface area contributed by atoms with Crippen LogP contribution in [-0.2, 0) is 26.2 Å². The Morgan fingerprint density at radius 1 is 1.43 bits per heavy atom. The lowest BCUT2D eigenvalue weighted by molar-refractivity contribution is -0.149. The second-order valence-electron chi connectivity index (χ2n) is 6.27. The first kappa shape index (κ1) is 20.4. The third-order valence-corrected chi connectivity index (χ3v) is 6.64. The number of carboxylic acid groups (broad SMARTS) is 1. The molecule has 1 fully saturated rings. The predicted octanol–water partition coefficient (Wildman–Crippen LogP) is 0.406. The van der Waals surface area contributed by atoms with Gasteiger partial charge in [0.2, 0.25) is 0 Å². The van der Waals surface area contributed by atoms with Gasteiger partial charge in [0, 0.05) is 25.3 Å². The Labute approximate surface area is 172 Å². The van der Waals surface area contributed by atoms with E-state index in [1.54, 1.807) is 14.0 Å². The van der Waals surface area contributed by atoms with E-state index >= 15 is 0 Å². The average Bonchev–Trinajstić information content (AvgIpc) is 2.88. The first-order valence-electron chi connectivity index (χ1n) is 8.16. The van der Waals surface area contributed by atoms with Crippen LogP contribution >= 0.6 is 27.7 Å². The summed E-state index contributed by atoms with van der Waals surface area (Å²) in [6.45, 7) is 2.76. The first-order chi connectivity index (χ1) is 13.1. The van der Waals surface area contributed by atoms with Gasteiger partial charge in [-0.2, -0.15) is 5.10 Å². The average molecular weight is 473 g/mol. The number of halogens is 1. The SMILES string of the molecule is CC(=O)OCC1=C(C(=O)O)N2C(=O)[C@@H](NC(=O)c3c(Br)c(C)nn3C)[C@H]2SC1. The van der Waals surface area contributed by atoms with Crippen molar-refractivity contribution in [2.75, 3.05) is 12.4 Å². The maximum Gasteiger partial charge on any atom is 0.352 e. The number of fused-ring (bicyclic) bond motifs is 1. The molecule has 10 nitrogen and oxygen atoms in total. The number of hydrogen-bond donors (Lipinski definition) is 2. The zero-order valence-corrected chi connectivity index (χ0v) is 17.6. The highest BCUT2D eigenvalue weighted by molar-refractivity contribution is 9.10. The van der Waals surface area contributed by atoms with Crippen LogP contribution in [0.25, 0.3) is 0 Å². The van der Waals surface area contributed by atoms with Crippen molar-refractivity contribution in [3.05, 3.63) is 27.1 Å². The standard InChI is InChI=1S/C16H17BrN4O6S/c1-6-9(17)12(20(3)19-6)13(23)18-10-14(24)21-11(16(25)26)8(4-27-7(2)22)5-28-15(10)21/h10,15H,4-5H2,1-3H3,(H,18,23)(H,25,26)/t10-,15-/m1/s1. The number of rotatable bonds is 5. The molecular formula is C16H17BrN4O6S. The fourth-order valence-corrected chi connectivity index (χ4v) is 4.91. The molecule has 1 aromatic rings. The number of aliphatic carboxylic acids is 1. The molecule has 1 saturated heterocycles. The Morgan fingerprint density at radius 2 is 2.11 bits per heavy atom. The van der Waals surface area contributed by atoms with Crippen LogP contribution in [-0.4, -0.2) is 67.3 Å². The summed E-state index contributed by atoms with van der Waals surface area (Å²) in [5.41, 5.74) is 1.05. The third-order valence-electron chi connectivity index (χ3n) is 4.35.